The Morgan fingerprint density at radius 3 is 2.69 bits per heavy atom. The number of anilines is 1. The largest absolute Gasteiger partial charge is 0.378 e. The van der Waals surface area contributed by atoms with Crippen molar-refractivity contribution in [3.63, 3.8) is 0 Å². The van der Waals surface area contributed by atoms with Crippen LogP contribution in [-0.2, 0) is 4.74 Å². The number of nitrogens with zero attached hydrogens (tertiary/aromatic N) is 4. The first-order valence-electron chi connectivity index (χ1n) is 8.61. The molecule has 5 heteroatoms. The Labute approximate surface area is 152 Å². The summed E-state index contributed by atoms with van der Waals surface area (Å²) in [5.41, 5.74) is 3.06. The third-order valence-electron chi connectivity index (χ3n) is 4.40. The summed E-state index contributed by atoms with van der Waals surface area (Å²) >= 11 is 0. The van der Waals surface area contributed by atoms with Crippen molar-refractivity contribution in [3.8, 4) is 6.07 Å². The first-order valence-corrected chi connectivity index (χ1v) is 8.61. The van der Waals surface area contributed by atoms with Crippen LogP contribution in [0, 0.1) is 11.3 Å². The monoisotopic (exact) mass is 342 g/mol. The summed E-state index contributed by atoms with van der Waals surface area (Å²) in [6.07, 6.45) is 3.58. The molecular formula is C21H18N4O. The second-order valence-electron chi connectivity index (χ2n) is 6.08. The molecule has 0 saturated carbocycles. The van der Waals surface area contributed by atoms with Crippen molar-refractivity contribution in [2.45, 2.75) is 0 Å². The summed E-state index contributed by atoms with van der Waals surface area (Å²) in [6, 6.07) is 18.0. The topological polar surface area (TPSA) is 62.0 Å². The summed E-state index contributed by atoms with van der Waals surface area (Å²) in [6.45, 7) is 2.95. The van der Waals surface area contributed by atoms with Crippen molar-refractivity contribution < 1.29 is 4.74 Å². The Morgan fingerprint density at radius 2 is 1.92 bits per heavy atom. The summed E-state index contributed by atoms with van der Waals surface area (Å²) in [7, 11) is 0. The number of morpholine rings is 1. The third kappa shape index (κ3) is 3.28. The van der Waals surface area contributed by atoms with E-state index in [2.05, 4.69) is 22.0 Å². The van der Waals surface area contributed by atoms with Crippen molar-refractivity contribution in [2.75, 3.05) is 31.2 Å². The van der Waals surface area contributed by atoms with Crippen molar-refractivity contribution >= 4 is 28.4 Å². The maximum atomic E-state index is 9.64. The molecule has 0 aliphatic carbocycles. The number of allylic oxidation sites excluding steroid dienone is 1. The summed E-state index contributed by atoms with van der Waals surface area (Å²) < 4.78 is 5.47. The van der Waals surface area contributed by atoms with Gasteiger partial charge in [-0.1, -0.05) is 24.3 Å². The van der Waals surface area contributed by atoms with E-state index in [4.69, 9.17) is 9.72 Å². The lowest BCUT2D eigenvalue weighted by Crippen LogP contribution is -2.37. The fourth-order valence-electron chi connectivity index (χ4n) is 3.10. The van der Waals surface area contributed by atoms with Gasteiger partial charge in [0.05, 0.1) is 30.0 Å². The summed E-state index contributed by atoms with van der Waals surface area (Å²) in [5, 5.41) is 10.7. The Balaban J connectivity index is 1.86. The predicted octanol–water partition coefficient (Wildman–Crippen LogP) is 3.53. The minimum Gasteiger partial charge on any atom is -0.378 e. The number of nitriles is 1. The van der Waals surface area contributed by atoms with Gasteiger partial charge in [-0.25, -0.2) is 4.98 Å². The van der Waals surface area contributed by atoms with Gasteiger partial charge in [0.15, 0.2) is 0 Å². The molecule has 1 aliphatic rings. The normalized spacial score (nSPS) is 15.0. The van der Waals surface area contributed by atoms with E-state index in [1.807, 2.05) is 48.5 Å². The van der Waals surface area contributed by atoms with Crippen LogP contribution >= 0.6 is 0 Å². The molecule has 1 fully saturated rings. The molecule has 1 aromatic carbocycles. The quantitative estimate of drug-likeness (QED) is 0.682. The van der Waals surface area contributed by atoms with E-state index in [1.54, 1.807) is 6.20 Å². The lowest BCUT2D eigenvalue weighted by molar-refractivity contribution is 0.122. The molecule has 1 aliphatic heterocycles. The highest BCUT2D eigenvalue weighted by atomic mass is 16.5. The minimum atomic E-state index is 0.525. The number of hydrogen-bond acceptors (Lipinski definition) is 5. The zero-order chi connectivity index (χ0) is 17.8. The van der Waals surface area contributed by atoms with E-state index in [9.17, 15) is 5.26 Å². The standard InChI is InChI=1S/C21H18N4O/c22-15-18(19-6-3-4-8-23-19)14-17-13-16-5-1-2-7-20(16)24-21(17)25-9-11-26-12-10-25/h1-8,13-14H,9-12H2/b18-14+. The Morgan fingerprint density at radius 1 is 1.12 bits per heavy atom. The van der Waals surface area contributed by atoms with Gasteiger partial charge in [0.25, 0.3) is 0 Å². The van der Waals surface area contributed by atoms with E-state index in [-0.39, 0.29) is 0 Å². The van der Waals surface area contributed by atoms with Gasteiger partial charge in [0.1, 0.15) is 11.9 Å². The number of ether oxygens (including phenoxy) is 1. The highest BCUT2D eigenvalue weighted by Crippen LogP contribution is 2.28. The zero-order valence-corrected chi connectivity index (χ0v) is 14.3. The fraction of sp³-hybridized carbons (Fsp3) is 0.190. The number of benzene rings is 1. The molecule has 26 heavy (non-hydrogen) atoms. The Bertz CT molecular complexity index is 986. The first-order chi connectivity index (χ1) is 12.8. The summed E-state index contributed by atoms with van der Waals surface area (Å²) in [5.74, 6) is 0.885. The molecule has 0 unspecified atom stereocenters. The van der Waals surface area contributed by atoms with Crippen LogP contribution in [0.3, 0.4) is 0 Å². The maximum Gasteiger partial charge on any atom is 0.136 e. The van der Waals surface area contributed by atoms with Crippen LogP contribution in [0.2, 0.25) is 0 Å². The second-order valence-corrected chi connectivity index (χ2v) is 6.08. The molecule has 3 heterocycles. The molecule has 0 amide bonds. The third-order valence-corrected chi connectivity index (χ3v) is 4.40. The zero-order valence-electron chi connectivity index (χ0n) is 14.3. The van der Waals surface area contributed by atoms with E-state index < -0.39 is 0 Å². The lowest BCUT2D eigenvalue weighted by atomic mass is 10.1. The van der Waals surface area contributed by atoms with Crippen LogP contribution in [0.4, 0.5) is 5.82 Å². The number of rotatable bonds is 3. The molecule has 128 valence electrons. The lowest BCUT2D eigenvalue weighted by Gasteiger charge is -2.29. The molecular weight excluding hydrogens is 324 g/mol. The van der Waals surface area contributed by atoms with Crippen LogP contribution in [-0.4, -0.2) is 36.3 Å². The molecule has 4 rings (SSSR count). The van der Waals surface area contributed by atoms with Gasteiger partial charge >= 0.3 is 0 Å². The van der Waals surface area contributed by atoms with Crippen molar-refractivity contribution in [2.24, 2.45) is 0 Å². The van der Waals surface area contributed by atoms with Gasteiger partial charge in [0.2, 0.25) is 0 Å². The van der Waals surface area contributed by atoms with E-state index in [0.717, 1.165) is 35.4 Å². The molecule has 0 spiro atoms. The highest BCUT2D eigenvalue weighted by Gasteiger charge is 2.17. The maximum absolute atomic E-state index is 9.64. The second kappa shape index (κ2) is 7.34. The van der Waals surface area contributed by atoms with Crippen molar-refractivity contribution in [1.82, 2.24) is 9.97 Å². The van der Waals surface area contributed by atoms with E-state index in [1.165, 1.54) is 0 Å². The molecule has 0 radical (unpaired) electrons. The van der Waals surface area contributed by atoms with Crippen molar-refractivity contribution in [1.29, 1.82) is 5.26 Å². The van der Waals surface area contributed by atoms with E-state index >= 15 is 0 Å². The highest BCUT2D eigenvalue weighted by molar-refractivity contribution is 5.93. The van der Waals surface area contributed by atoms with Crippen LogP contribution in [0.15, 0.2) is 54.7 Å². The van der Waals surface area contributed by atoms with Crippen molar-refractivity contribution in [3.05, 3.63) is 66.0 Å². The summed E-state index contributed by atoms with van der Waals surface area (Å²) in [4.78, 5) is 11.4. The fourth-order valence-corrected chi connectivity index (χ4v) is 3.10. The van der Waals surface area contributed by atoms with Crippen LogP contribution in [0.25, 0.3) is 22.6 Å². The Hall–Kier alpha value is -3.23. The molecule has 5 nitrogen and oxygen atoms in total. The van der Waals surface area contributed by atoms with Gasteiger partial charge in [-0.05, 0) is 30.3 Å². The van der Waals surface area contributed by atoms with Crippen LogP contribution in [0.5, 0.6) is 0 Å². The van der Waals surface area contributed by atoms with Gasteiger partial charge < -0.3 is 9.64 Å². The average Bonchev–Trinajstić information content (AvgIpc) is 2.72. The van der Waals surface area contributed by atoms with Gasteiger partial charge in [0, 0.05) is 30.2 Å². The van der Waals surface area contributed by atoms with Gasteiger partial charge in [-0.15, -0.1) is 0 Å². The first kappa shape index (κ1) is 16.2. The SMILES string of the molecule is N#C/C(=C\c1cc2ccccc2nc1N1CCOCC1)c1ccccn1. The molecule has 3 aromatic rings. The minimum absolute atomic E-state index is 0.525. The Kier molecular flexibility index (Phi) is 4.59. The number of hydrogen-bond donors (Lipinski definition) is 0. The number of fused-ring (bicyclic) bond motifs is 1. The molecule has 0 N–H and O–H groups in total. The molecule has 2 aromatic heterocycles. The number of aromatic nitrogens is 2. The van der Waals surface area contributed by atoms with Gasteiger partial charge in [-0.3, -0.25) is 4.98 Å². The average molecular weight is 342 g/mol. The number of pyridine rings is 2. The van der Waals surface area contributed by atoms with Gasteiger partial charge in [-0.2, -0.15) is 5.26 Å². The predicted molar refractivity (Wildman–Crippen MR) is 102 cm³/mol. The van der Waals surface area contributed by atoms with Crippen LogP contribution < -0.4 is 4.90 Å². The number of para-hydroxylation sites is 1. The molecule has 1 saturated heterocycles. The molecule has 0 atom stereocenters. The van der Waals surface area contributed by atoms with Crippen LogP contribution in [0.1, 0.15) is 11.3 Å². The smallest absolute Gasteiger partial charge is 0.136 e. The molecule has 0 bridgehead atoms. The van der Waals surface area contributed by atoms with E-state index in [0.29, 0.717) is 24.5 Å².